The summed E-state index contributed by atoms with van der Waals surface area (Å²) in [6, 6.07) is 16.5. The van der Waals surface area contributed by atoms with Gasteiger partial charge in [0.2, 0.25) is 0 Å². The molecule has 3 aliphatic rings. The van der Waals surface area contributed by atoms with E-state index in [0.29, 0.717) is 40.7 Å². The van der Waals surface area contributed by atoms with Crippen LogP contribution < -0.4 is 15.2 Å². The summed E-state index contributed by atoms with van der Waals surface area (Å²) in [4.78, 5) is 7.07. The number of aromatic nitrogens is 1. The average Bonchev–Trinajstić information content (AvgIpc) is 3.65. The molecule has 2 fully saturated rings. The molecule has 3 N–H and O–H groups in total. The van der Waals surface area contributed by atoms with E-state index < -0.39 is 11.6 Å². The lowest BCUT2D eigenvalue weighted by atomic mass is 9.88. The van der Waals surface area contributed by atoms with Crippen molar-refractivity contribution in [1.82, 2.24) is 9.88 Å². The number of amidine groups is 1. The van der Waals surface area contributed by atoms with Gasteiger partial charge in [0.05, 0.1) is 22.7 Å². The molecule has 1 atom stereocenters. The predicted molar refractivity (Wildman–Crippen MR) is 151 cm³/mol. The van der Waals surface area contributed by atoms with Crippen LogP contribution >= 0.6 is 11.6 Å². The number of halogens is 2. The first-order valence-electron chi connectivity index (χ1n) is 13.8. The van der Waals surface area contributed by atoms with Crippen LogP contribution in [-0.4, -0.2) is 34.0 Å². The molecular formula is C31H31ClFN5O3. The second-order valence-corrected chi connectivity index (χ2v) is 11.8. The molecule has 10 heteroatoms. The van der Waals surface area contributed by atoms with E-state index in [1.807, 2.05) is 18.2 Å². The van der Waals surface area contributed by atoms with E-state index in [1.54, 1.807) is 25.1 Å². The number of hydrogen-bond acceptors (Lipinski definition) is 7. The summed E-state index contributed by atoms with van der Waals surface area (Å²) >= 11 is 5.96. The minimum Gasteiger partial charge on any atom is -0.444 e. The second kappa shape index (κ2) is 10.5. The summed E-state index contributed by atoms with van der Waals surface area (Å²) in [6.07, 6.45) is 4.23. The van der Waals surface area contributed by atoms with Gasteiger partial charge in [-0.15, -0.1) is 0 Å². The Kier molecular flexibility index (Phi) is 7.00. The Morgan fingerprint density at radius 1 is 1.22 bits per heavy atom. The number of para-hydroxylation sites is 1. The van der Waals surface area contributed by atoms with E-state index in [0.717, 1.165) is 55.6 Å². The van der Waals surface area contributed by atoms with Gasteiger partial charge in [0.15, 0.2) is 17.3 Å². The summed E-state index contributed by atoms with van der Waals surface area (Å²) < 4.78 is 27.3. The Hall–Kier alpha value is -3.87. The van der Waals surface area contributed by atoms with Gasteiger partial charge in [-0.2, -0.15) is 5.26 Å². The Morgan fingerprint density at radius 2 is 2.00 bits per heavy atom. The molecule has 0 bridgehead atoms. The average molecular weight is 576 g/mol. The number of fused-ring (bicyclic) bond motifs is 1. The van der Waals surface area contributed by atoms with Crippen molar-refractivity contribution < 1.29 is 19.1 Å². The smallest absolute Gasteiger partial charge is 0.278 e. The van der Waals surface area contributed by atoms with Crippen LogP contribution in [0.2, 0.25) is 5.02 Å². The Balaban J connectivity index is 1.17. The Labute approximate surface area is 243 Å². The molecule has 1 aliphatic carbocycles. The molecule has 8 nitrogen and oxygen atoms in total. The molecule has 1 saturated carbocycles. The number of benzene rings is 2. The molecule has 41 heavy (non-hydrogen) atoms. The van der Waals surface area contributed by atoms with Gasteiger partial charge >= 0.3 is 0 Å². The van der Waals surface area contributed by atoms with Crippen molar-refractivity contribution in [3.8, 4) is 17.6 Å². The normalized spacial score (nSPS) is 22.0. The number of nitrogens with zero attached hydrogens (tertiary/aromatic N) is 4. The van der Waals surface area contributed by atoms with Gasteiger partial charge in [0.25, 0.3) is 5.79 Å². The van der Waals surface area contributed by atoms with Crippen molar-refractivity contribution in [3.63, 3.8) is 0 Å². The number of nitrogens with two attached hydrogens (primary N) is 1. The fourth-order valence-corrected chi connectivity index (χ4v) is 6.08. The minimum absolute atomic E-state index is 0.0384. The zero-order valence-electron chi connectivity index (χ0n) is 22.7. The van der Waals surface area contributed by atoms with Gasteiger partial charge in [-0.3, -0.25) is 4.90 Å². The van der Waals surface area contributed by atoms with Crippen LogP contribution in [0.1, 0.15) is 66.6 Å². The molecule has 1 saturated heterocycles. The van der Waals surface area contributed by atoms with Gasteiger partial charge in [0, 0.05) is 24.1 Å². The van der Waals surface area contributed by atoms with Gasteiger partial charge in [-0.1, -0.05) is 35.0 Å². The molecule has 0 unspecified atom stereocenters. The van der Waals surface area contributed by atoms with E-state index in [2.05, 4.69) is 22.2 Å². The maximum atomic E-state index is 14.8. The second-order valence-electron chi connectivity index (χ2n) is 11.4. The summed E-state index contributed by atoms with van der Waals surface area (Å²) in [5, 5.41) is 22.2. The number of hydrogen-bond donors (Lipinski definition) is 2. The first kappa shape index (κ1) is 27.3. The summed E-state index contributed by atoms with van der Waals surface area (Å²) in [5.74, 6) is -0.307. The molecular weight excluding hydrogens is 545 g/mol. The number of rotatable bonds is 7. The minimum atomic E-state index is -1.29. The standard InChI is InChI=1S/C31H31ClFN5O3/c1-30(23-7-6-21(32)15-24(23)33)40-27-4-2-3-22(28(27)41-30)19-9-13-38(14-10-19)17-26-20(16-31(18-34)11-12-31)5-8-25(36-26)29(35)37-39/h2-8,15,19,39H,9-14,16-17H2,1H3,(H2,35,37)/t30-/m0/s1. The molecule has 1 aromatic heterocycles. The molecule has 2 aromatic carbocycles. The summed E-state index contributed by atoms with van der Waals surface area (Å²) in [6.45, 7) is 3.99. The zero-order valence-corrected chi connectivity index (χ0v) is 23.5. The van der Waals surface area contributed by atoms with E-state index in [-0.39, 0.29) is 17.2 Å². The van der Waals surface area contributed by atoms with Crippen LogP contribution in [0.25, 0.3) is 0 Å². The lowest BCUT2D eigenvalue weighted by molar-refractivity contribution is -0.0712. The highest BCUT2D eigenvalue weighted by Gasteiger charge is 2.44. The van der Waals surface area contributed by atoms with E-state index in [1.165, 1.54) is 6.07 Å². The van der Waals surface area contributed by atoms with Crippen LogP contribution in [0.5, 0.6) is 11.5 Å². The monoisotopic (exact) mass is 575 g/mol. The number of oxime groups is 1. The van der Waals surface area contributed by atoms with Crippen molar-refractivity contribution >= 4 is 17.4 Å². The molecule has 3 aromatic rings. The van der Waals surface area contributed by atoms with Crippen molar-refractivity contribution in [1.29, 1.82) is 5.26 Å². The number of piperidine rings is 1. The van der Waals surface area contributed by atoms with E-state index >= 15 is 0 Å². The first-order valence-corrected chi connectivity index (χ1v) is 14.2. The molecule has 0 amide bonds. The molecule has 0 radical (unpaired) electrons. The van der Waals surface area contributed by atoms with Gasteiger partial charge in [-0.25, -0.2) is 9.37 Å². The fraction of sp³-hybridized carbons (Fsp3) is 0.387. The third-order valence-electron chi connectivity index (χ3n) is 8.49. The van der Waals surface area contributed by atoms with Crippen molar-refractivity contribution in [3.05, 3.63) is 87.4 Å². The summed E-state index contributed by atoms with van der Waals surface area (Å²) in [7, 11) is 0. The third-order valence-corrected chi connectivity index (χ3v) is 8.73. The SMILES string of the molecule is C[C@]1(c2ccc(Cl)cc2F)Oc2cccc(C3CCN(Cc4nc(C(N)=NO)ccc4CC4(C#N)CC4)CC3)c2O1. The van der Waals surface area contributed by atoms with Crippen molar-refractivity contribution in [2.75, 3.05) is 13.1 Å². The number of nitriles is 1. The summed E-state index contributed by atoms with van der Waals surface area (Å²) in [5.41, 5.74) is 9.17. The lowest BCUT2D eigenvalue weighted by Crippen LogP contribution is -2.34. The zero-order chi connectivity index (χ0) is 28.8. The molecule has 3 heterocycles. The van der Waals surface area contributed by atoms with Crippen LogP contribution in [-0.2, 0) is 18.8 Å². The Bertz CT molecular complexity index is 1560. The lowest BCUT2D eigenvalue weighted by Gasteiger charge is -2.33. The van der Waals surface area contributed by atoms with Crippen molar-refractivity contribution in [2.24, 2.45) is 16.3 Å². The maximum Gasteiger partial charge on any atom is 0.278 e. The topological polar surface area (TPSA) is 117 Å². The van der Waals surface area contributed by atoms with E-state index in [9.17, 15) is 9.65 Å². The quantitative estimate of drug-likeness (QED) is 0.157. The molecule has 6 rings (SSSR count). The highest BCUT2D eigenvalue weighted by atomic mass is 35.5. The highest BCUT2D eigenvalue weighted by molar-refractivity contribution is 6.30. The number of ether oxygens (including phenoxy) is 2. The van der Waals surface area contributed by atoms with Crippen LogP contribution in [0.15, 0.2) is 53.7 Å². The third kappa shape index (κ3) is 5.30. The van der Waals surface area contributed by atoms with Crippen LogP contribution in [0.3, 0.4) is 0 Å². The van der Waals surface area contributed by atoms with Gasteiger partial charge in [0.1, 0.15) is 11.5 Å². The fourth-order valence-electron chi connectivity index (χ4n) is 5.92. The van der Waals surface area contributed by atoms with Crippen LogP contribution in [0.4, 0.5) is 4.39 Å². The highest BCUT2D eigenvalue weighted by Crippen LogP contribution is 2.50. The van der Waals surface area contributed by atoms with Gasteiger partial charge in [-0.05, 0) is 87.0 Å². The Morgan fingerprint density at radius 3 is 2.68 bits per heavy atom. The van der Waals surface area contributed by atoms with Crippen molar-refractivity contribution in [2.45, 2.75) is 57.3 Å². The molecule has 212 valence electrons. The maximum absolute atomic E-state index is 14.8. The van der Waals surface area contributed by atoms with E-state index in [4.69, 9.17) is 37.0 Å². The molecule has 2 aliphatic heterocycles. The predicted octanol–water partition coefficient (Wildman–Crippen LogP) is 5.84. The van der Waals surface area contributed by atoms with Gasteiger partial charge < -0.3 is 20.4 Å². The van der Waals surface area contributed by atoms with Crippen LogP contribution in [0, 0.1) is 22.6 Å². The molecule has 0 spiro atoms. The first-order chi connectivity index (χ1) is 19.7. The largest absolute Gasteiger partial charge is 0.444 e. The number of likely N-dealkylation sites (tertiary alicyclic amines) is 1. The number of pyridine rings is 1.